The molecule has 0 amide bonds. The molecule has 0 bridgehead atoms. The van der Waals surface area contributed by atoms with Gasteiger partial charge < -0.3 is 10.5 Å². The van der Waals surface area contributed by atoms with Gasteiger partial charge in [0.05, 0.1) is 12.5 Å². The molecule has 0 saturated carbocycles. The van der Waals surface area contributed by atoms with E-state index in [1.165, 1.54) is 0 Å². The van der Waals surface area contributed by atoms with Gasteiger partial charge in [-0.25, -0.2) is 0 Å². The van der Waals surface area contributed by atoms with Crippen LogP contribution in [-0.2, 0) is 9.53 Å². The van der Waals surface area contributed by atoms with Gasteiger partial charge in [0, 0.05) is 15.7 Å². The second-order valence-electron chi connectivity index (χ2n) is 3.22. The highest BCUT2D eigenvalue weighted by molar-refractivity contribution is 9.10. The largest absolute Gasteiger partial charge is 0.466 e. The second kappa shape index (κ2) is 5.16. The summed E-state index contributed by atoms with van der Waals surface area (Å²) in [4.78, 5) is 11.5. The Morgan fingerprint density at radius 1 is 1.60 bits per heavy atom. The van der Waals surface area contributed by atoms with Crippen molar-refractivity contribution in [2.45, 2.75) is 19.8 Å². The van der Waals surface area contributed by atoms with E-state index in [0.717, 1.165) is 10.0 Å². The standard InChI is InChI=1S/C11H14BrNO2/c1-3-15-11(14)7(2)10-8(12)5-4-6-9(10)13/h4-7H,3,13H2,1-2H3. The zero-order valence-electron chi connectivity index (χ0n) is 8.79. The Morgan fingerprint density at radius 3 is 2.80 bits per heavy atom. The van der Waals surface area contributed by atoms with Gasteiger partial charge in [-0.1, -0.05) is 22.0 Å². The molecule has 1 unspecified atom stereocenters. The lowest BCUT2D eigenvalue weighted by molar-refractivity contribution is -0.144. The lowest BCUT2D eigenvalue weighted by Gasteiger charge is -2.14. The lowest BCUT2D eigenvalue weighted by Crippen LogP contribution is -2.14. The van der Waals surface area contributed by atoms with Crippen molar-refractivity contribution in [3.63, 3.8) is 0 Å². The average Bonchev–Trinajstić information content (AvgIpc) is 2.17. The summed E-state index contributed by atoms with van der Waals surface area (Å²) >= 11 is 3.38. The maximum absolute atomic E-state index is 11.5. The smallest absolute Gasteiger partial charge is 0.313 e. The van der Waals surface area contributed by atoms with Crippen molar-refractivity contribution in [3.05, 3.63) is 28.2 Å². The number of nitrogens with two attached hydrogens (primary N) is 1. The number of halogens is 1. The van der Waals surface area contributed by atoms with Gasteiger partial charge in [-0.05, 0) is 26.0 Å². The molecule has 1 rings (SSSR count). The summed E-state index contributed by atoms with van der Waals surface area (Å²) in [7, 11) is 0. The van der Waals surface area contributed by atoms with Crippen LogP contribution in [0.15, 0.2) is 22.7 Å². The van der Waals surface area contributed by atoms with E-state index in [0.29, 0.717) is 12.3 Å². The van der Waals surface area contributed by atoms with Crippen LogP contribution in [0.25, 0.3) is 0 Å². The number of ether oxygens (including phenoxy) is 1. The van der Waals surface area contributed by atoms with E-state index in [1.54, 1.807) is 19.9 Å². The maximum atomic E-state index is 11.5. The van der Waals surface area contributed by atoms with E-state index in [2.05, 4.69) is 15.9 Å². The van der Waals surface area contributed by atoms with Crippen LogP contribution in [0, 0.1) is 0 Å². The van der Waals surface area contributed by atoms with Crippen molar-refractivity contribution in [1.29, 1.82) is 0 Å². The Labute approximate surface area is 97.7 Å². The molecule has 2 N–H and O–H groups in total. The zero-order valence-corrected chi connectivity index (χ0v) is 10.4. The number of nitrogen functional groups attached to an aromatic ring is 1. The van der Waals surface area contributed by atoms with E-state index in [1.807, 2.05) is 12.1 Å². The summed E-state index contributed by atoms with van der Waals surface area (Å²) in [6.07, 6.45) is 0. The van der Waals surface area contributed by atoms with Crippen molar-refractivity contribution in [3.8, 4) is 0 Å². The molecule has 4 heteroatoms. The van der Waals surface area contributed by atoms with E-state index in [9.17, 15) is 4.79 Å². The Kier molecular flexibility index (Phi) is 4.15. The van der Waals surface area contributed by atoms with E-state index >= 15 is 0 Å². The fourth-order valence-corrected chi connectivity index (χ4v) is 2.12. The number of hydrogen-bond donors (Lipinski definition) is 1. The van der Waals surface area contributed by atoms with Gasteiger partial charge in [0.15, 0.2) is 0 Å². The Hall–Kier alpha value is -1.03. The second-order valence-corrected chi connectivity index (χ2v) is 4.07. The van der Waals surface area contributed by atoms with Gasteiger partial charge >= 0.3 is 5.97 Å². The summed E-state index contributed by atoms with van der Waals surface area (Å²) in [6.45, 7) is 3.95. The highest BCUT2D eigenvalue weighted by atomic mass is 79.9. The number of benzene rings is 1. The molecule has 0 aliphatic rings. The molecular weight excluding hydrogens is 258 g/mol. The number of carbonyl (C=O) groups is 1. The maximum Gasteiger partial charge on any atom is 0.313 e. The molecule has 3 nitrogen and oxygen atoms in total. The van der Waals surface area contributed by atoms with Crippen molar-refractivity contribution in [1.82, 2.24) is 0 Å². The quantitative estimate of drug-likeness (QED) is 0.680. The highest BCUT2D eigenvalue weighted by Gasteiger charge is 2.20. The van der Waals surface area contributed by atoms with Crippen molar-refractivity contribution in [2.75, 3.05) is 12.3 Å². The molecule has 82 valence electrons. The first-order valence-corrected chi connectivity index (χ1v) is 5.57. The molecule has 0 aliphatic heterocycles. The molecule has 0 radical (unpaired) electrons. The van der Waals surface area contributed by atoms with Gasteiger partial charge in [0.25, 0.3) is 0 Å². The highest BCUT2D eigenvalue weighted by Crippen LogP contribution is 2.30. The van der Waals surface area contributed by atoms with Crippen LogP contribution in [0.4, 0.5) is 5.69 Å². The van der Waals surface area contributed by atoms with Crippen molar-refractivity contribution >= 4 is 27.6 Å². The number of anilines is 1. The fraction of sp³-hybridized carbons (Fsp3) is 0.364. The van der Waals surface area contributed by atoms with E-state index in [-0.39, 0.29) is 11.9 Å². The SMILES string of the molecule is CCOC(=O)C(C)c1c(N)cccc1Br. The number of carbonyl (C=O) groups excluding carboxylic acids is 1. The van der Waals surface area contributed by atoms with Gasteiger partial charge in [-0.3, -0.25) is 4.79 Å². The predicted octanol–water partition coefficient (Wildman–Crippen LogP) is 2.70. The molecule has 0 heterocycles. The molecule has 0 aromatic heterocycles. The third kappa shape index (κ3) is 2.72. The van der Waals surface area contributed by atoms with Gasteiger partial charge in [-0.15, -0.1) is 0 Å². The first-order chi connectivity index (χ1) is 7.07. The summed E-state index contributed by atoms with van der Waals surface area (Å²) in [5, 5.41) is 0. The van der Waals surface area contributed by atoms with Crippen molar-refractivity contribution in [2.24, 2.45) is 0 Å². The van der Waals surface area contributed by atoms with Crippen LogP contribution >= 0.6 is 15.9 Å². The molecule has 0 aliphatic carbocycles. The number of hydrogen-bond acceptors (Lipinski definition) is 3. The van der Waals surface area contributed by atoms with E-state index < -0.39 is 0 Å². The average molecular weight is 272 g/mol. The molecule has 1 aromatic rings. The number of esters is 1. The summed E-state index contributed by atoms with van der Waals surface area (Å²) in [5.41, 5.74) is 7.21. The van der Waals surface area contributed by atoms with Gasteiger partial charge in [0.2, 0.25) is 0 Å². The molecule has 1 aromatic carbocycles. The lowest BCUT2D eigenvalue weighted by atomic mass is 10.00. The Balaban J connectivity index is 3.00. The Bertz CT molecular complexity index is 345. The fourth-order valence-electron chi connectivity index (χ4n) is 1.40. The van der Waals surface area contributed by atoms with Gasteiger partial charge in [-0.2, -0.15) is 0 Å². The third-order valence-electron chi connectivity index (χ3n) is 2.16. The van der Waals surface area contributed by atoms with Crippen LogP contribution in [0.3, 0.4) is 0 Å². The monoisotopic (exact) mass is 271 g/mol. The normalized spacial score (nSPS) is 12.2. The molecule has 0 fully saturated rings. The van der Waals surface area contributed by atoms with Crippen LogP contribution < -0.4 is 5.73 Å². The molecular formula is C11H14BrNO2. The summed E-state index contributed by atoms with van der Waals surface area (Å²) in [6, 6.07) is 5.47. The topological polar surface area (TPSA) is 52.3 Å². The van der Waals surface area contributed by atoms with Crippen LogP contribution in [0.1, 0.15) is 25.3 Å². The third-order valence-corrected chi connectivity index (χ3v) is 2.85. The van der Waals surface area contributed by atoms with Crippen LogP contribution in [-0.4, -0.2) is 12.6 Å². The Morgan fingerprint density at radius 2 is 2.27 bits per heavy atom. The minimum atomic E-state index is -0.347. The molecule has 0 saturated heterocycles. The minimum absolute atomic E-state index is 0.254. The van der Waals surface area contributed by atoms with Crippen molar-refractivity contribution < 1.29 is 9.53 Å². The van der Waals surface area contributed by atoms with Crippen LogP contribution in [0.5, 0.6) is 0 Å². The summed E-state index contributed by atoms with van der Waals surface area (Å²) in [5.74, 6) is -0.600. The van der Waals surface area contributed by atoms with Gasteiger partial charge in [0.1, 0.15) is 0 Å². The van der Waals surface area contributed by atoms with E-state index in [4.69, 9.17) is 10.5 Å². The molecule has 0 spiro atoms. The first kappa shape index (κ1) is 12.0. The summed E-state index contributed by atoms with van der Waals surface area (Å²) < 4.78 is 5.79. The molecule has 1 atom stereocenters. The molecule has 15 heavy (non-hydrogen) atoms. The first-order valence-electron chi connectivity index (χ1n) is 4.78. The minimum Gasteiger partial charge on any atom is -0.466 e. The number of rotatable bonds is 3. The van der Waals surface area contributed by atoms with Crippen LogP contribution in [0.2, 0.25) is 0 Å². The zero-order chi connectivity index (χ0) is 11.4. The predicted molar refractivity (Wildman–Crippen MR) is 63.6 cm³/mol.